The van der Waals surface area contributed by atoms with Gasteiger partial charge in [-0.3, -0.25) is 0 Å². The SMILES string of the molecule is Cc1nc(N)c2nnn(Cc3ccccc3F)c2n1. The van der Waals surface area contributed by atoms with Crippen molar-refractivity contribution in [1.29, 1.82) is 0 Å². The summed E-state index contributed by atoms with van der Waals surface area (Å²) < 4.78 is 15.1. The monoisotopic (exact) mass is 258 g/mol. The summed E-state index contributed by atoms with van der Waals surface area (Å²) in [5, 5.41) is 7.88. The first-order valence-electron chi connectivity index (χ1n) is 5.72. The van der Waals surface area contributed by atoms with E-state index < -0.39 is 0 Å². The second-order valence-electron chi connectivity index (χ2n) is 4.17. The molecule has 0 amide bonds. The molecule has 0 radical (unpaired) electrons. The van der Waals surface area contributed by atoms with Crippen LogP contribution in [0.25, 0.3) is 11.2 Å². The molecule has 7 heteroatoms. The number of nitrogen functional groups attached to an aromatic ring is 1. The van der Waals surface area contributed by atoms with Crippen molar-refractivity contribution in [2.75, 3.05) is 5.73 Å². The van der Waals surface area contributed by atoms with E-state index in [0.717, 1.165) is 0 Å². The maximum Gasteiger partial charge on any atom is 0.184 e. The Hall–Kier alpha value is -2.57. The molecule has 3 aromatic rings. The summed E-state index contributed by atoms with van der Waals surface area (Å²) in [6.07, 6.45) is 0. The fraction of sp³-hybridized carbons (Fsp3) is 0.167. The summed E-state index contributed by atoms with van der Waals surface area (Å²) >= 11 is 0. The third-order valence-corrected chi connectivity index (χ3v) is 2.78. The Balaban J connectivity index is 2.09. The van der Waals surface area contributed by atoms with E-state index in [4.69, 9.17) is 5.73 Å². The average Bonchev–Trinajstić information content (AvgIpc) is 2.76. The number of hydrogen-bond donors (Lipinski definition) is 1. The lowest BCUT2D eigenvalue weighted by molar-refractivity contribution is 0.582. The number of anilines is 1. The molecule has 0 fully saturated rings. The number of benzene rings is 1. The van der Waals surface area contributed by atoms with Crippen LogP contribution in [0, 0.1) is 12.7 Å². The van der Waals surface area contributed by atoms with E-state index in [2.05, 4.69) is 20.3 Å². The molecule has 3 rings (SSSR count). The van der Waals surface area contributed by atoms with E-state index in [0.29, 0.717) is 22.6 Å². The summed E-state index contributed by atoms with van der Waals surface area (Å²) in [6.45, 7) is 1.98. The van der Waals surface area contributed by atoms with Crippen molar-refractivity contribution < 1.29 is 4.39 Å². The molecular formula is C12H11FN6. The van der Waals surface area contributed by atoms with Gasteiger partial charge in [-0.25, -0.2) is 19.0 Å². The molecule has 0 aliphatic carbocycles. The molecule has 0 aliphatic rings. The predicted octanol–water partition coefficient (Wildman–Crippen LogP) is 1.30. The molecule has 0 saturated heterocycles. The van der Waals surface area contributed by atoms with Crippen LogP contribution < -0.4 is 5.73 Å². The normalized spacial score (nSPS) is 11.1. The first-order chi connectivity index (χ1) is 9.15. The molecule has 0 saturated carbocycles. The van der Waals surface area contributed by atoms with Gasteiger partial charge in [0, 0.05) is 5.56 Å². The standard InChI is InChI=1S/C12H11FN6/c1-7-15-11(14)10-12(16-7)19(18-17-10)6-8-4-2-3-5-9(8)13/h2-5H,6H2,1H3,(H2,14,15,16). The first-order valence-corrected chi connectivity index (χ1v) is 5.72. The van der Waals surface area contributed by atoms with Gasteiger partial charge >= 0.3 is 0 Å². The van der Waals surface area contributed by atoms with Crippen LogP contribution in [0.5, 0.6) is 0 Å². The lowest BCUT2D eigenvalue weighted by atomic mass is 10.2. The average molecular weight is 258 g/mol. The van der Waals surface area contributed by atoms with Crippen LogP contribution in [0.15, 0.2) is 24.3 Å². The molecule has 19 heavy (non-hydrogen) atoms. The third kappa shape index (κ3) is 1.99. The topological polar surface area (TPSA) is 82.5 Å². The number of aryl methyl sites for hydroxylation is 1. The van der Waals surface area contributed by atoms with E-state index >= 15 is 0 Å². The summed E-state index contributed by atoms with van der Waals surface area (Å²) in [5.74, 6) is 0.522. The van der Waals surface area contributed by atoms with Gasteiger partial charge in [0.15, 0.2) is 17.0 Å². The molecule has 2 aromatic heterocycles. The summed E-state index contributed by atoms with van der Waals surface area (Å²) in [6, 6.07) is 6.51. The maximum absolute atomic E-state index is 13.6. The summed E-state index contributed by atoms with van der Waals surface area (Å²) in [5.41, 5.74) is 7.21. The van der Waals surface area contributed by atoms with Crippen LogP contribution in [-0.4, -0.2) is 25.0 Å². The maximum atomic E-state index is 13.6. The van der Waals surface area contributed by atoms with Crippen molar-refractivity contribution in [3.63, 3.8) is 0 Å². The third-order valence-electron chi connectivity index (χ3n) is 2.78. The molecule has 0 unspecified atom stereocenters. The quantitative estimate of drug-likeness (QED) is 0.749. The first kappa shape index (κ1) is 11.5. The van der Waals surface area contributed by atoms with E-state index in [9.17, 15) is 4.39 Å². The molecule has 2 heterocycles. The zero-order valence-corrected chi connectivity index (χ0v) is 10.2. The van der Waals surface area contributed by atoms with Crippen LogP contribution in [0.2, 0.25) is 0 Å². The zero-order valence-electron chi connectivity index (χ0n) is 10.2. The fourth-order valence-electron chi connectivity index (χ4n) is 1.88. The molecule has 0 bridgehead atoms. The Morgan fingerprint density at radius 3 is 2.84 bits per heavy atom. The fourth-order valence-corrected chi connectivity index (χ4v) is 1.88. The number of rotatable bonds is 2. The molecular weight excluding hydrogens is 247 g/mol. The molecule has 0 atom stereocenters. The van der Waals surface area contributed by atoms with Gasteiger partial charge in [0.1, 0.15) is 11.6 Å². The van der Waals surface area contributed by atoms with Crippen molar-refractivity contribution in [3.8, 4) is 0 Å². The second kappa shape index (κ2) is 4.27. The molecule has 0 spiro atoms. The van der Waals surface area contributed by atoms with Crippen molar-refractivity contribution in [2.45, 2.75) is 13.5 Å². The molecule has 1 aromatic carbocycles. The Morgan fingerprint density at radius 1 is 1.26 bits per heavy atom. The Morgan fingerprint density at radius 2 is 2.05 bits per heavy atom. The predicted molar refractivity (Wildman–Crippen MR) is 67.8 cm³/mol. The second-order valence-corrected chi connectivity index (χ2v) is 4.17. The van der Waals surface area contributed by atoms with Gasteiger partial charge in [0.05, 0.1) is 6.54 Å². The summed E-state index contributed by atoms with van der Waals surface area (Å²) in [7, 11) is 0. The van der Waals surface area contributed by atoms with E-state index in [-0.39, 0.29) is 18.2 Å². The molecule has 96 valence electrons. The Labute approximate surface area is 108 Å². The molecule has 2 N–H and O–H groups in total. The van der Waals surface area contributed by atoms with E-state index in [1.165, 1.54) is 10.7 Å². The van der Waals surface area contributed by atoms with Gasteiger partial charge in [-0.1, -0.05) is 23.4 Å². The highest BCUT2D eigenvalue weighted by molar-refractivity contribution is 5.80. The Kier molecular flexibility index (Phi) is 2.59. The lowest BCUT2D eigenvalue weighted by Gasteiger charge is -2.04. The van der Waals surface area contributed by atoms with Crippen LogP contribution in [0.1, 0.15) is 11.4 Å². The zero-order chi connectivity index (χ0) is 13.4. The number of halogens is 1. The minimum Gasteiger partial charge on any atom is -0.382 e. The number of nitrogens with zero attached hydrogens (tertiary/aromatic N) is 5. The van der Waals surface area contributed by atoms with Crippen molar-refractivity contribution >= 4 is 17.0 Å². The van der Waals surface area contributed by atoms with Gasteiger partial charge in [0.25, 0.3) is 0 Å². The largest absolute Gasteiger partial charge is 0.382 e. The smallest absolute Gasteiger partial charge is 0.184 e. The number of hydrogen-bond acceptors (Lipinski definition) is 5. The van der Waals surface area contributed by atoms with Crippen LogP contribution in [0.3, 0.4) is 0 Å². The number of nitrogens with two attached hydrogens (primary N) is 1. The van der Waals surface area contributed by atoms with Gasteiger partial charge in [-0.05, 0) is 13.0 Å². The number of aromatic nitrogens is 5. The van der Waals surface area contributed by atoms with Gasteiger partial charge in [0.2, 0.25) is 0 Å². The van der Waals surface area contributed by atoms with E-state index in [1.807, 2.05) is 0 Å². The number of fused-ring (bicyclic) bond motifs is 1. The van der Waals surface area contributed by atoms with Gasteiger partial charge < -0.3 is 5.73 Å². The summed E-state index contributed by atoms with van der Waals surface area (Å²) in [4.78, 5) is 8.26. The highest BCUT2D eigenvalue weighted by Crippen LogP contribution is 2.16. The van der Waals surface area contributed by atoms with Gasteiger partial charge in [-0.2, -0.15) is 0 Å². The van der Waals surface area contributed by atoms with Crippen molar-refractivity contribution in [2.24, 2.45) is 0 Å². The van der Waals surface area contributed by atoms with Crippen LogP contribution >= 0.6 is 0 Å². The highest BCUT2D eigenvalue weighted by Gasteiger charge is 2.12. The van der Waals surface area contributed by atoms with Gasteiger partial charge in [-0.15, -0.1) is 5.10 Å². The minimum atomic E-state index is -0.287. The minimum absolute atomic E-state index is 0.249. The van der Waals surface area contributed by atoms with Crippen molar-refractivity contribution in [3.05, 3.63) is 41.5 Å². The lowest BCUT2D eigenvalue weighted by Crippen LogP contribution is -2.06. The molecule has 6 nitrogen and oxygen atoms in total. The van der Waals surface area contributed by atoms with Crippen molar-refractivity contribution in [1.82, 2.24) is 25.0 Å². The van der Waals surface area contributed by atoms with Crippen LogP contribution in [0.4, 0.5) is 10.2 Å². The van der Waals surface area contributed by atoms with Crippen LogP contribution in [-0.2, 0) is 6.54 Å². The molecule has 0 aliphatic heterocycles. The highest BCUT2D eigenvalue weighted by atomic mass is 19.1. The Bertz CT molecular complexity index is 751. The van der Waals surface area contributed by atoms with E-state index in [1.54, 1.807) is 25.1 Å².